The lowest BCUT2D eigenvalue weighted by molar-refractivity contribution is 0.122. The first-order valence-corrected chi connectivity index (χ1v) is 18.8. The molecule has 262 valence electrons. The number of morpholine rings is 1. The lowest BCUT2D eigenvalue weighted by Crippen LogP contribution is -2.37. The van der Waals surface area contributed by atoms with Crippen LogP contribution in [0.4, 0.5) is 14.5 Å². The van der Waals surface area contributed by atoms with Gasteiger partial charge in [0.15, 0.2) is 5.60 Å². The summed E-state index contributed by atoms with van der Waals surface area (Å²) in [7, 11) is 0. The molecule has 1 saturated heterocycles. The first-order chi connectivity index (χ1) is 25.9. The number of benzene rings is 7. The predicted molar refractivity (Wildman–Crippen MR) is 212 cm³/mol. The third-order valence-electron chi connectivity index (χ3n) is 12.3. The minimum absolute atomic E-state index is 0.248. The number of anilines is 1. The average Bonchev–Trinajstić information content (AvgIpc) is 3.50. The van der Waals surface area contributed by atoms with Gasteiger partial charge in [-0.15, -0.1) is 0 Å². The van der Waals surface area contributed by atoms with Crippen molar-refractivity contribution in [2.75, 3.05) is 31.2 Å². The van der Waals surface area contributed by atoms with Gasteiger partial charge in [-0.2, -0.15) is 0 Å². The van der Waals surface area contributed by atoms with E-state index in [4.69, 9.17) is 9.47 Å². The van der Waals surface area contributed by atoms with Crippen LogP contribution in [-0.2, 0) is 15.8 Å². The summed E-state index contributed by atoms with van der Waals surface area (Å²) in [4.78, 5) is 2.35. The van der Waals surface area contributed by atoms with Gasteiger partial charge in [0.2, 0.25) is 0 Å². The summed E-state index contributed by atoms with van der Waals surface area (Å²) in [6.45, 7) is 7.47. The van der Waals surface area contributed by atoms with Gasteiger partial charge in [-0.25, -0.2) is 8.78 Å². The van der Waals surface area contributed by atoms with E-state index in [2.05, 4.69) is 110 Å². The van der Waals surface area contributed by atoms with Gasteiger partial charge >= 0.3 is 0 Å². The van der Waals surface area contributed by atoms with Gasteiger partial charge in [0.05, 0.1) is 13.2 Å². The number of rotatable bonds is 5. The van der Waals surface area contributed by atoms with E-state index in [0.717, 1.165) is 81.3 Å². The van der Waals surface area contributed by atoms with Crippen LogP contribution in [0.2, 0.25) is 0 Å². The standard InChI is InChI=1S/C48H39F2NO2/c1-3-47(4-2)43-29-35(50)15-20-40(43)44-39-19-14-34(49)28-42(39)46-41(45(44)47)21-22-48(53-46,32-11-16-36(17-12-32)51-23-25-52-26-24-51)33-13-18-38-31(27-33)10-9-30-7-5-6-8-37(30)38/h5-22,27-29H,3-4,23-26H2,1-2H3. The van der Waals surface area contributed by atoms with Gasteiger partial charge in [-0.3, -0.25) is 0 Å². The summed E-state index contributed by atoms with van der Waals surface area (Å²) in [6, 6.07) is 38.3. The van der Waals surface area contributed by atoms with Gasteiger partial charge in [-0.1, -0.05) is 92.7 Å². The van der Waals surface area contributed by atoms with Crippen molar-refractivity contribution < 1.29 is 18.3 Å². The highest BCUT2D eigenvalue weighted by molar-refractivity contribution is 6.09. The molecule has 0 amide bonds. The minimum atomic E-state index is -1.03. The third-order valence-corrected chi connectivity index (χ3v) is 12.3. The quantitative estimate of drug-likeness (QED) is 0.167. The maximum absolute atomic E-state index is 15.4. The summed E-state index contributed by atoms with van der Waals surface area (Å²) in [6.07, 6.45) is 5.95. The van der Waals surface area contributed by atoms with E-state index < -0.39 is 11.0 Å². The van der Waals surface area contributed by atoms with Gasteiger partial charge in [-0.05, 0) is 111 Å². The fraction of sp³-hybridized carbons (Fsp3) is 0.208. The maximum atomic E-state index is 15.4. The number of hydrogen-bond acceptors (Lipinski definition) is 3. The molecule has 1 atom stereocenters. The third kappa shape index (κ3) is 4.66. The molecule has 0 bridgehead atoms. The molecule has 2 heterocycles. The van der Waals surface area contributed by atoms with E-state index in [1.807, 2.05) is 12.1 Å². The molecule has 3 aliphatic rings. The second-order valence-corrected chi connectivity index (χ2v) is 14.7. The Labute approximate surface area is 308 Å². The Bertz CT molecular complexity index is 2640. The molecule has 7 aromatic rings. The maximum Gasteiger partial charge on any atom is 0.178 e. The normalized spacial score (nSPS) is 18.6. The molecule has 2 aliphatic heterocycles. The van der Waals surface area contributed by atoms with Crippen LogP contribution in [0.3, 0.4) is 0 Å². The minimum Gasteiger partial charge on any atom is -0.472 e. The van der Waals surface area contributed by atoms with Crippen LogP contribution < -0.4 is 9.64 Å². The largest absolute Gasteiger partial charge is 0.472 e. The fourth-order valence-electron chi connectivity index (χ4n) is 9.60. The molecular formula is C48H39F2NO2. The van der Waals surface area contributed by atoms with E-state index in [9.17, 15) is 0 Å². The monoisotopic (exact) mass is 699 g/mol. The number of halogens is 2. The highest BCUT2D eigenvalue weighted by atomic mass is 19.1. The van der Waals surface area contributed by atoms with E-state index in [0.29, 0.717) is 24.3 Å². The Kier molecular flexibility index (Phi) is 7.29. The van der Waals surface area contributed by atoms with E-state index in [1.54, 1.807) is 18.2 Å². The SMILES string of the molecule is CCC1(CC)c2cc(F)ccc2-c2c1c1c(c3cc(F)ccc23)OC(c2ccc(N3CCOCC3)cc2)(c2ccc3c(ccc4ccccc43)c2)C=C1. The van der Waals surface area contributed by atoms with Gasteiger partial charge in [0, 0.05) is 46.3 Å². The molecule has 0 saturated carbocycles. The van der Waals surface area contributed by atoms with Crippen LogP contribution in [0.5, 0.6) is 5.75 Å². The van der Waals surface area contributed by atoms with Crippen LogP contribution in [0, 0.1) is 11.6 Å². The summed E-state index contributed by atoms with van der Waals surface area (Å²) in [5.74, 6) is 0.0732. The Morgan fingerprint density at radius 1 is 0.660 bits per heavy atom. The summed E-state index contributed by atoms with van der Waals surface area (Å²) in [5.41, 5.74) is 6.75. The molecule has 10 rings (SSSR count). The van der Waals surface area contributed by atoms with Crippen LogP contribution in [0.25, 0.3) is 49.5 Å². The smallest absolute Gasteiger partial charge is 0.178 e. The summed E-state index contributed by atoms with van der Waals surface area (Å²) < 4.78 is 43.6. The Hall–Kier alpha value is -5.52. The zero-order chi connectivity index (χ0) is 35.9. The first kappa shape index (κ1) is 32.2. The second-order valence-electron chi connectivity index (χ2n) is 14.7. The van der Waals surface area contributed by atoms with Crippen LogP contribution in [0.15, 0.2) is 121 Å². The van der Waals surface area contributed by atoms with E-state index >= 15 is 8.78 Å². The molecule has 7 aromatic carbocycles. The zero-order valence-electron chi connectivity index (χ0n) is 29.9. The molecule has 1 fully saturated rings. The Morgan fingerprint density at radius 3 is 2.17 bits per heavy atom. The fourth-order valence-corrected chi connectivity index (χ4v) is 9.60. The molecule has 0 N–H and O–H groups in total. The van der Waals surface area contributed by atoms with Crippen LogP contribution >= 0.6 is 0 Å². The van der Waals surface area contributed by atoms with Crippen molar-refractivity contribution in [3.8, 4) is 16.9 Å². The molecule has 3 nitrogen and oxygen atoms in total. The number of nitrogens with zero attached hydrogens (tertiary/aromatic N) is 1. The average molecular weight is 700 g/mol. The summed E-state index contributed by atoms with van der Waals surface area (Å²) in [5, 5.41) is 6.32. The Balaban J connectivity index is 1.24. The summed E-state index contributed by atoms with van der Waals surface area (Å²) >= 11 is 0. The number of hydrogen-bond donors (Lipinski definition) is 0. The van der Waals surface area contributed by atoms with Crippen molar-refractivity contribution in [2.24, 2.45) is 0 Å². The van der Waals surface area contributed by atoms with Crippen molar-refractivity contribution in [2.45, 2.75) is 37.7 Å². The molecule has 0 spiro atoms. The molecule has 0 aromatic heterocycles. The molecular weight excluding hydrogens is 661 g/mol. The first-order valence-electron chi connectivity index (χ1n) is 18.8. The highest BCUT2D eigenvalue weighted by Gasteiger charge is 2.47. The molecule has 0 radical (unpaired) electrons. The van der Waals surface area contributed by atoms with Crippen molar-refractivity contribution in [3.63, 3.8) is 0 Å². The van der Waals surface area contributed by atoms with Gasteiger partial charge < -0.3 is 14.4 Å². The lowest BCUT2D eigenvalue weighted by atomic mass is 9.71. The molecule has 1 unspecified atom stereocenters. The Morgan fingerprint density at radius 2 is 1.36 bits per heavy atom. The van der Waals surface area contributed by atoms with E-state index in [-0.39, 0.29) is 11.6 Å². The highest BCUT2D eigenvalue weighted by Crippen LogP contribution is 2.60. The van der Waals surface area contributed by atoms with Crippen LogP contribution in [-0.4, -0.2) is 26.3 Å². The van der Waals surface area contributed by atoms with Crippen molar-refractivity contribution in [1.82, 2.24) is 0 Å². The molecule has 53 heavy (non-hydrogen) atoms. The lowest BCUT2D eigenvalue weighted by Gasteiger charge is -2.39. The predicted octanol–water partition coefficient (Wildman–Crippen LogP) is 11.7. The van der Waals surface area contributed by atoms with Crippen LogP contribution in [0.1, 0.15) is 54.5 Å². The number of fused-ring (bicyclic) bond motifs is 11. The van der Waals surface area contributed by atoms with Crippen molar-refractivity contribution >= 4 is 44.1 Å². The zero-order valence-corrected chi connectivity index (χ0v) is 29.9. The topological polar surface area (TPSA) is 21.7 Å². The van der Waals surface area contributed by atoms with E-state index in [1.165, 1.54) is 22.2 Å². The van der Waals surface area contributed by atoms with Gasteiger partial charge in [0.1, 0.15) is 17.4 Å². The second kappa shape index (κ2) is 12.0. The number of ether oxygens (including phenoxy) is 2. The van der Waals surface area contributed by atoms with Crippen molar-refractivity contribution in [3.05, 3.63) is 161 Å². The molecule has 5 heteroatoms. The molecule has 1 aliphatic carbocycles. The van der Waals surface area contributed by atoms with Gasteiger partial charge in [0.25, 0.3) is 0 Å². The van der Waals surface area contributed by atoms with Crippen molar-refractivity contribution in [1.29, 1.82) is 0 Å².